The van der Waals surface area contributed by atoms with Crippen molar-refractivity contribution in [1.82, 2.24) is 15.2 Å². The average Bonchev–Trinajstić information content (AvgIpc) is 2.98. The van der Waals surface area contributed by atoms with E-state index >= 15 is 0 Å². The molecule has 0 aliphatic heterocycles. The summed E-state index contributed by atoms with van der Waals surface area (Å²) in [5.41, 5.74) is 3.23. The number of para-hydroxylation sites is 1. The lowest BCUT2D eigenvalue weighted by atomic mass is 10.2. The van der Waals surface area contributed by atoms with Crippen LogP contribution in [0.3, 0.4) is 0 Å². The summed E-state index contributed by atoms with van der Waals surface area (Å²) in [6.07, 6.45) is 2.12. The summed E-state index contributed by atoms with van der Waals surface area (Å²) in [5.74, 6) is -0.323. The van der Waals surface area contributed by atoms with Crippen LogP contribution in [0.15, 0.2) is 48.7 Å². The zero-order chi connectivity index (χ0) is 18.4. The van der Waals surface area contributed by atoms with Crippen molar-refractivity contribution < 1.29 is 9.50 Å². The number of aliphatic hydroxyl groups is 1. The maximum atomic E-state index is 13.3. The monoisotopic (exact) mass is 375 g/mol. The fraction of sp³-hybridized carbons (Fsp3) is 0.300. The number of benzene rings is 2. The Morgan fingerprint density at radius 3 is 2.62 bits per heavy atom. The van der Waals surface area contributed by atoms with Crippen molar-refractivity contribution >= 4 is 22.5 Å². The molecule has 0 unspecified atom stereocenters. The molecule has 2 aromatic carbocycles. The molecular weight excluding hydrogens is 353 g/mol. The first-order valence-corrected chi connectivity index (χ1v) is 9.10. The first-order valence-electron chi connectivity index (χ1n) is 8.72. The quantitative estimate of drug-likeness (QED) is 0.503. The first kappa shape index (κ1) is 18.9. The number of nitrogens with zero attached hydrogens (tertiary/aromatic N) is 1. The Hall–Kier alpha value is -1.92. The van der Waals surface area contributed by atoms with Gasteiger partial charge in [-0.2, -0.15) is 0 Å². The zero-order valence-electron chi connectivity index (χ0n) is 14.5. The van der Waals surface area contributed by atoms with E-state index in [1.165, 1.54) is 23.1 Å². The molecule has 3 aromatic rings. The Kier molecular flexibility index (Phi) is 6.63. The minimum atomic E-state index is -0.323. The van der Waals surface area contributed by atoms with Crippen LogP contribution >= 0.6 is 11.6 Å². The lowest BCUT2D eigenvalue weighted by Gasteiger charge is -2.07. The van der Waals surface area contributed by atoms with Crippen molar-refractivity contribution in [3.05, 3.63) is 70.6 Å². The second-order valence-electron chi connectivity index (χ2n) is 6.19. The van der Waals surface area contributed by atoms with Crippen LogP contribution in [0.25, 0.3) is 10.9 Å². The van der Waals surface area contributed by atoms with Crippen molar-refractivity contribution in [2.45, 2.75) is 13.1 Å². The van der Waals surface area contributed by atoms with Gasteiger partial charge < -0.3 is 20.3 Å². The maximum Gasteiger partial charge on any atom is 0.124 e. The number of aliphatic hydroxyl groups excluding tert-OH is 1. The van der Waals surface area contributed by atoms with Crippen LogP contribution in [0.2, 0.25) is 5.02 Å². The number of hydrogen-bond acceptors (Lipinski definition) is 3. The molecule has 0 fully saturated rings. The predicted octanol–water partition coefficient (Wildman–Crippen LogP) is 3.15. The van der Waals surface area contributed by atoms with E-state index in [0.29, 0.717) is 18.1 Å². The normalized spacial score (nSPS) is 11.3. The Balaban J connectivity index is 1.74. The first-order chi connectivity index (χ1) is 12.7. The SMILES string of the molecule is OCCNCCNCc1cn(Cc2ccc(F)cc2Cl)c2ccccc12. The molecule has 0 atom stereocenters. The van der Waals surface area contributed by atoms with Gasteiger partial charge in [0, 0.05) is 54.8 Å². The van der Waals surface area contributed by atoms with E-state index in [2.05, 4.69) is 33.5 Å². The molecule has 3 N–H and O–H groups in total. The fourth-order valence-corrected chi connectivity index (χ4v) is 3.26. The van der Waals surface area contributed by atoms with E-state index in [-0.39, 0.29) is 12.4 Å². The summed E-state index contributed by atoms with van der Waals surface area (Å²) in [4.78, 5) is 0. The molecule has 26 heavy (non-hydrogen) atoms. The molecule has 0 aliphatic carbocycles. The topological polar surface area (TPSA) is 49.2 Å². The van der Waals surface area contributed by atoms with Gasteiger partial charge in [-0.25, -0.2) is 4.39 Å². The van der Waals surface area contributed by atoms with Gasteiger partial charge in [0.15, 0.2) is 0 Å². The van der Waals surface area contributed by atoms with Gasteiger partial charge in [0.25, 0.3) is 0 Å². The molecular formula is C20H23ClFN3O. The number of halogens is 2. The van der Waals surface area contributed by atoms with Crippen molar-refractivity contribution in [2.75, 3.05) is 26.2 Å². The van der Waals surface area contributed by atoms with Gasteiger partial charge in [-0.3, -0.25) is 0 Å². The predicted molar refractivity (Wildman–Crippen MR) is 104 cm³/mol. The van der Waals surface area contributed by atoms with Gasteiger partial charge in [-0.15, -0.1) is 0 Å². The minimum Gasteiger partial charge on any atom is -0.395 e. The Morgan fingerprint density at radius 2 is 1.81 bits per heavy atom. The van der Waals surface area contributed by atoms with Gasteiger partial charge in [-0.1, -0.05) is 35.9 Å². The molecule has 1 aromatic heterocycles. The lowest BCUT2D eigenvalue weighted by molar-refractivity contribution is 0.292. The van der Waals surface area contributed by atoms with E-state index in [9.17, 15) is 4.39 Å². The third-order valence-electron chi connectivity index (χ3n) is 4.31. The van der Waals surface area contributed by atoms with Crippen LogP contribution in [0, 0.1) is 5.82 Å². The van der Waals surface area contributed by atoms with Crippen molar-refractivity contribution in [2.24, 2.45) is 0 Å². The number of nitrogens with one attached hydrogen (secondary N) is 2. The summed E-state index contributed by atoms with van der Waals surface area (Å²) in [6.45, 7) is 3.75. The van der Waals surface area contributed by atoms with Gasteiger partial charge in [0.05, 0.1) is 6.61 Å². The molecule has 0 radical (unpaired) electrons. The Morgan fingerprint density at radius 1 is 1.00 bits per heavy atom. The molecule has 0 amide bonds. The highest BCUT2D eigenvalue weighted by molar-refractivity contribution is 6.31. The minimum absolute atomic E-state index is 0.152. The lowest BCUT2D eigenvalue weighted by Crippen LogP contribution is -2.28. The number of aromatic nitrogens is 1. The number of fused-ring (bicyclic) bond motifs is 1. The molecule has 6 heteroatoms. The highest BCUT2D eigenvalue weighted by Crippen LogP contribution is 2.25. The molecule has 0 saturated heterocycles. The molecule has 1 heterocycles. The van der Waals surface area contributed by atoms with Gasteiger partial charge in [-0.05, 0) is 29.3 Å². The van der Waals surface area contributed by atoms with Crippen LogP contribution in [0.1, 0.15) is 11.1 Å². The molecule has 0 saturated carbocycles. The molecule has 4 nitrogen and oxygen atoms in total. The third-order valence-corrected chi connectivity index (χ3v) is 4.66. The fourth-order valence-electron chi connectivity index (χ4n) is 3.03. The molecule has 0 spiro atoms. The Bertz CT molecular complexity index is 865. The summed E-state index contributed by atoms with van der Waals surface area (Å²) >= 11 is 6.19. The average molecular weight is 376 g/mol. The summed E-state index contributed by atoms with van der Waals surface area (Å²) < 4.78 is 15.4. The van der Waals surface area contributed by atoms with Crippen LogP contribution in [0.5, 0.6) is 0 Å². The van der Waals surface area contributed by atoms with Crippen LogP contribution in [-0.2, 0) is 13.1 Å². The third kappa shape index (κ3) is 4.62. The molecule has 0 aliphatic rings. The van der Waals surface area contributed by atoms with Crippen molar-refractivity contribution in [1.29, 1.82) is 0 Å². The Labute approximate surface area is 157 Å². The number of hydrogen-bond donors (Lipinski definition) is 3. The molecule has 138 valence electrons. The van der Waals surface area contributed by atoms with E-state index in [1.54, 1.807) is 6.07 Å². The number of rotatable bonds is 9. The summed E-state index contributed by atoms with van der Waals surface area (Å²) in [7, 11) is 0. The molecule has 3 rings (SSSR count). The highest BCUT2D eigenvalue weighted by atomic mass is 35.5. The smallest absolute Gasteiger partial charge is 0.124 e. The summed E-state index contributed by atoms with van der Waals surface area (Å²) in [5, 5.41) is 17.0. The standard InChI is InChI=1S/C20H23ClFN3O/c21-19-11-17(22)6-5-15(19)13-25-14-16(12-24-8-7-23-9-10-26)18-3-1-2-4-20(18)25/h1-6,11,14,23-24,26H,7-10,12-13H2. The zero-order valence-corrected chi connectivity index (χ0v) is 15.3. The van der Waals surface area contributed by atoms with E-state index in [0.717, 1.165) is 30.7 Å². The van der Waals surface area contributed by atoms with Crippen LogP contribution in [0.4, 0.5) is 4.39 Å². The van der Waals surface area contributed by atoms with Gasteiger partial charge in [0.1, 0.15) is 5.82 Å². The van der Waals surface area contributed by atoms with E-state index in [4.69, 9.17) is 16.7 Å². The van der Waals surface area contributed by atoms with E-state index < -0.39 is 0 Å². The van der Waals surface area contributed by atoms with Crippen LogP contribution in [-0.4, -0.2) is 35.9 Å². The maximum absolute atomic E-state index is 13.3. The van der Waals surface area contributed by atoms with Gasteiger partial charge >= 0.3 is 0 Å². The van der Waals surface area contributed by atoms with E-state index in [1.807, 2.05) is 12.1 Å². The summed E-state index contributed by atoms with van der Waals surface area (Å²) in [6, 6.07) is 12.8. The van der Waals surface area contributed by atoms with Crippen molar-refractivity contribution in [3.63, 3.8) is 0 Å². The van der Waals surface area contributed by atoms with Crippen molar-refractivity contribution in [3.8, 4) is 0 Å². The molecule has 0 bridgehead atoms. The largest absolute Gasteiger partial charge is 0.395 e. The highest BCUT2D eigenvalue weighted by Gasteiger charge is 2.10. The second kappa shape index (κ2) is 9.14. The van der Waals surface area contributed by atoms with Crippen LogP contribution < -0.4 is 10.6 Å². The van der Waals surface area contributed by atoms with Gasteiger partial charge in [0.2, 0.25) is 0 Å². The second-order valence-corrected chi connectivity index (χ2v) is 6.59.